The van der Waals surface area contributed by atoms with Gasteiger partial charge in [0.2, 0.25) is 21.8 Å². The zero-order valence-corrected chi connectivity index (χ0v) is 23.3. The summed E-state index contributed by atoms with van der Waals surface area (Å²) in [5, 5.41) is 3.42. The Morgan fingerprint density at radius 3 is 2.36 bits per heavy atom. The van der Waals surface area contributed by atoms with Gasteiger partial charge < -0.3 is 15.0 Å². The van der Waals surface area contributed by atoms with Crippen LogP contribution >= 0.6 is 11.6 Å². The number of hydrogen-bond acceptors (Lipinski definition) is 5. The van der Waals surface area contributed by atoms with Gasteiger partial charge in [-0.3, -0.25) is 13.9 Å². The number of amides is 2. The Hall–Kier alpha value is -2.78. The second kappa shape index (κ2) is 12.5. The van der Waals surface area contributed by atoms with Gasteiger partial charge in [-0.05, 0) is 57.9 Å². The third-order valence-electron chi connectivity index (χ3n) is 5.46. The van der Waals surface area contributed by atoms with E-state index in [4.69, 9.17) is 16.3 Å². The molecule has 0 saturated carbocycles. The lowest BCUT2D eigenvalue weighted by atomic mass is 10.1. The first-order valence-electron chi connectivity index (χ1n) is 11.7. The third-order valence-corrected chi connectivity index (χ3v) is 7.02. The van der Waals surface area contributed by atoms with Crippen molar-refractivity contribution in [2.24, 2.45) is 0 Å². The van der Waals surface area contributed by atoms with Crippen molar-refractivity contribution in [3.05, 3.63) is 59.1 Å². The number of carbonyl (C=O) groups is 2. The molecule has 0 spiro atoms. The van der Waals surface area contributed by atoms with Gasteiger partial charge in [-0.1, -0.05) is 35.9 Å². The lowest BCUT2D eigenvalue weighted by Gasteiger charge is -2.32. The fourth-order valence-electron chi connectivity index (χ4n) is 3.64. The molecule has 0 bridgehead atoms. The van der Waals surface area contributed by atoms with Crippen LogP contribution in [-0.2, 0) is 26.2 Å². The van der Waals surface area contributed by atoms with Crippen molar-refractivity contribution in [1.29, 1.82) is 0 Å². The number of rotatable bonds is 11. The van der Waals surface area contributed by atoms with Crippen LogP contribution in [0.2, 0.25) is 5.02 Å². The molecule has 0 heterocycles. The molecule has 2 aromatic rings. The summed E-state index contributed by atoms with van der Waals surface area (Å²) >= 11 is 6.33. The van der Waals surface area contributed by atoms with Gasteiger partial charge in [-0.25, -0.2) is 8.42 Å². The monoisotopic (exact) mass is 537 g/mol. The number of ether oxygens (including phenoxy) is 1. The summed E-state index contributed by atoms with van der Waals surface area (Å²) in [6, 6.07) is 13.1. The lowest BCUT2D eigenvalue weighted by Crippen LogP contribution is -2.52. The molecule has 8 nitrogen and oxygen atoms in total. The number of benzene rings is 2. The number of sulfonamides is 1. The van der Waals surface area contributed by atoms with E-state index in [9.17, 15) is 18.0 Å². The SMILES string of the molecule is COc1cccc(N(CCCC(=O)N(Cc2ccccc2Cl)[C@@H](C)C(=O)NC(C)(C)C)S(C)(=O)=O)c1. The number of halogens is 1. The Labute approximate surface area is 219 Å². The molecule has 0 unspecified atom stereocenters. The highest BCUT2D eigenvalue weighted by molar-refractivity contribution is 7.92. The summed E-state index contributed by atoms with van der Waals surface area (Å²) in [7, 11) is -2.09. The normalized spacial score (nSPS) is 12.5. The highest BCUT2D eigenvalue weighted by Gasteiger charge is 2.29. The number of hydrogen-bond donors (Lipinski definition) is 1. The van der Waals surface area contributed by atoms with Crippen LogP contribution < -0.4 is 14.4 Å². The van der Waals surface area contributed by atoms with E-state index in [2.05, 4.69) is 5.32 Å². The van der Waals surface area contributed by atoms with Crippen LogP contribution in [0.25, 0.3) is 0 Å². The molecule has 2 amide bonds. The third kappa shape index (κ3) is 8.71. The standard InChI is InChI=1S/C26H36ClN3O5S/c1-19(25(32)28-26(2,3)4)29(18-20-11-7-8-14-23(20)27)24(31)15-10-16-30(36(6,33)34)21-12-9-13-22(17-21)35-5/h7-9,11-14,17,19H,10,15-16,18H2,1-6H3,(H,28,32)/t19-/m0/s1. The Kier molecular flexibility index (Phi) is 10.2. The Balaban J connectivity index is 2.21. The predicted octanol–water partition coefficient (Wildman–Crippen LogP) is 4.23. The average molecular weight is 538 g/mol. The van der Waals surface area contributed by atoms with Crippen LogP contribution in [0.5, 0.6) is 5.75 Å². The Morgan fingerprint density at radius 2 is 1.78 bits per heavy atom. The van der Waals surface area contributed by atoms with E-state index in [1.54, 1.807) is 43.3 Å². The number of methoxy groups -OCH3 is 1. The van der Waals surface area contributed by atoms with Crippen LogP contribution in [0, 0.1) is 0 Å². The highest BCUT2D eigenvalue weighted by atomic mass is 35.5. The van der Waals surface area contributed by atoms with Crippen LogP contribution in [-0.4, -0.2) is 56.6 Å². The van der Waals surface area contributed by atoms with Crippen molar-refractivity contribution >= 4 is 39.1 Å². The Morgan fingerprint density at radius 1 is 1.11 bits per heavy atom. The minimum Gasteiger partial charge on any atom is -0.497 e. The molecule has 0 radical (unpaired) electrons. The van der Waals surface area contributed by atoms with E-state index in [1.165, 1.54) is 16.3 Å². The smallest absolute Gasteiger partial charge is 0.242 e. The zero-order valence-electron chi connectivity index (χ0n) is 21.7. The van der Waals surface area contributed by atoms with Gasteiger partial charge in [0.05, 0.1) is 19.1 Å². The van der Waals surface area contributed by atoms with E-state index in [1.807, 2.05) is 32.9 Å². The van der Waals surface area contributed by atoms with Crippen molar-refractivity contribution in [2.45, 2.75) is 58.7 Å². The first-order valence-corrected chi connectivity index (χ1v) is 13.9. The van der Waals surface area contributed by atoms with E-state index < -0.39 is 21.6 Å². The summed E-state index contributed by atoms with van der Waals surface area (Å²) in [6.07, 6.45) is 1.43. The molecule has 0 aliphatic heterocycles. The van der Waals surface area contributed by atoms with E-state index in [0.717, 1.165) is 11.8 Å². The van der Waals surface area contributed by atoms with E-state index in [-0.39, 0.29) is 37.7 Å². The van der Waals surface area contributed by atoms with Gasteiger partial charge in [0.15, 0.2) is 0 Å². The van der Waals surface area contributed by atoms with Crippen molar-refractivity contribution < 1.29 is 22.7 Å². The number of carbonyl (C=O) groups excluding carboxylic acids is 2. The molecule has 10 heteroatoms. The number of anilines is 1. The molecule has 198 valence electrons. The summed E-state index contributed by atoms with van der Waals surface area (Å²) in [6.45, 7) is 7.54. The number of nitrogens with one attached hydrogen (secondary N) is 1. The summed E-state index contributed by atoms with van der Waals surface area (Å²) in [5.41, 5.74) is 0.712. The first-order chi connectivity index (χ1) is 16.7. The fourth-order valence-corrected chi connectivity index (χ4v) is 4.79. The highest BCUT2D eigenvalue weighted by Crippen LogP contribution is 2.24. The average Bonchev–Trinajstić information content (AvgIpc) is 2.78. The molecule has 0 saturated heterocycles. The second-order valence-corrected chi connectivity index (χ2v) is 12.0. The Bertz CT molecular complexity index is 1160. The van der Waals surface area contributed by atoms with Gasteiger partial charge in [0, 0.05) is 36.1 Å². The molecule has 2 rings (SSSR count). The summed E-state index contributed by atoms with van der Waals surface area (Å²) < 4.78 is 31.4. The van der Waals surface area contributed by atoms with Gasteiger partial charge in [0.25, 0.3) is 0 Å². The van der Waals surface area contributed by atoms with Gasteiger partial charge in [0.1, 0.15) is 11.8 Å². The van der Waals surface area contributed by atoms with Crippen LogP contribution in [0.3, 0.4) is 0 Å². The second-order valence-electron chi connectivity index (χ2n) is 9.67. The quantitative estimate of drug-likeness (QED) is 0.463. The molecule has 0 aromatic heterocycles. The van der Waals surface area contributed by atoms with Crippen molar-refractivity contribution in [1.82, 2.24) is 10.2 Å². The van der Waals surface area contributed by atoms with Gasteiger partial charge in [-0.2, -0.15) is 0 Å². The molecule has 0 fully saturated rings. The maximum absolute atomic E-state index is 13.4. The number of nitrogens with zero attached hydrogens (tertiary/aromatic N) is 2. The molecule has 2 aromatic carbocycles. The van der Waals surface area contributed by atoms with Crippen LogP contribution in [0.4, 0.5) is 5.69 Å². The molecule has 0 aliphatic rings. The van der Waals surface area contributed by atoms with Crippen LogP contribution in [0.15, 0.2) is 48.5 Å². The molecule has 1 atom stereocenters. The first kappa shape index (κ1) is 29.5. The largest absolute Gasteiger partial charge is 0.497 e. The topological polar surface area (TPSA) is 96.0 Å². The van der Waals surface area contributed by atoms with E-state index in [0.29, 0.717) is 16.5 Å². The van der Waals surface area contributed by atoms with Gasteiger partial charge >= 0.3 is 0 Å². The maximum Gasteiger partial charge on any atom is 0.242 e. The van der Waals surface area contributed by atoms with Crippen molar-refractivity contribution in [2.75, 3.05) is 24.2 Å². The van der Waals surface area contributed by atoms with E-state index >= 15 is 0 Å². The molecule has 0 aliphatic carbocycles. The maximum atomic E-state index is 13.4. The minimum atomic E-state index is -3.59. The van der Waals surface area contributed by atoms with Crippen molar-refractivity contribution in [3.8, 4) is 5.75 Å². The zero-order chi connectivity index (χ0) is 27.1. The van der Waals surface area contributed by atoms with Crippen LogP contribution in [0.1, 0.15) is 46.1 Å². The summed E-state index contributed by atoms with van der Waals surface area (Å²) in [5.74, 6) is -0.0237. The van der Waals surface area contributed by atoms with Crippen molar-refractivity contribution in [3.63, 3.8) is 0 Å². The van der Waals surface area contributed by atoms with Gasteiger partial charge in [-0.15, -0.1) is 0 Å². The molecular weight excluding hydrogens is 502 g/mol. The molecular formula is C26H36ClN3O5S. The predicted molar refractivity (Wildman–Crippen MR) is 144 cm³/mol. The molecule has 36 heavy (non-hydrogen) atoms. The molecule has 1 N–H and O–H groups in total. The minimum absolute atomic E-state index is 0.0492. The lowest BCUT2D eigenvalue weighted by molar-refractivity contribution is -0.141. The summed E-state index contributed by atoms with van der Waals surface area (Å²) in [4.78, 5) is 27.7. The fraction of sp³-hybridized carbons (Fsp3) is 0.462.